The number of rotatable bonds is 5. The van der Waals surface area contributed by atoms with E-state index in [1.165, 1.54) is 12.3 Å². The first kappa shape index (κ1) is 19.2. The third-order valence-electron chi connectivity index (χ3n) is 4.80. The lowest BCUT2D eigenvalue weighted by atomic mass is 10.0. The minimum absolute atomic E-state index is 0.330. The zero-order valence-electron chi connectivity index (χ0n) is 15.8. The van der Waals surface area contributed by atoms with Crippen LogP contribution in [-0.2, 0) is 9.57 Å². The Balaban J connectivity index is 1.50. The lowest BCUT2D eigenvalue weighted by Gasteiger charge is -2.22. The maximum absolute atomic E-state index is 14.8. The molecular weight excluding hydrogens is 371 g/mol. The quantitative estimate of drug-likeness (QED) is 0.637. The SMILES string of the molecule is O=C(NOC1CCCCO1)c1ccnc(-c2ccc(-c3ccccc3)cc2F)c1. The van der Waals surface area contributed by atoms with Crippen LogP contribution in [0, 0.1) is 5.82 Å². The summed E-state index contributed by atoms with van der Waals surface area (Å²) in [5, 5.41) is 0. The van der Waals surface area contributed by atoms with Crippen molar-refractivity contribution in [1.82, 2.24) is 10.5 Å². The average Bonchev–Trinajstić information content (AvgIpc) is 2.79. The number of pyridine rings is 1. The summed E-state index contributed by atoms with van der Waals surface area (Å²) in [4.78, 5) is 21.9. The zero-order valence-corrected chi connectivity index (χ0v) is 15.8. The van der Waals surface area contributed by atoms with Gasteiger partial charge in [-0.05, 0) is 48.2 Å². The molecule has 1 aromatic heterocycles. The van der Waals surface area contributed by atoms with Gasteiger partial charge in [0.05, 0.1) is 5.69 Å². The Hall–Kier alpha value is -3.09. The van der Waals surface area contributed by atoms with E-state index in [0.717, 1.165) is 30.4 Å². The van der Waals surface area contributed by atoms with Crippen LogP contribution in [0.5, 0.6) is 0 Å². The number of benzene rings is 2. The van der Waals surface area contributed by atoms with Crippen molar-refractivity contribution in [3.8, 4) is 22.4 Å². The van der Waals surface area contributed by atoms with Crippen LogP contribution in [0.3, 0.4) is 0 Å². The molecule has 1 aliphatic heterocycles. The predicted molar refractivity (Wildman–Crippen MR) is 107 cm³/mol. The van der Waals surface area contributed by atoms with Crippen LogP contribution in [0.25, 0.3) is 22.4 Å². The third kappa shape index (κ3) is 4.67. The van der Waals surface area contributed by atoms with E-state index in [1.807, 2.05) is 36.4 Å². The molecule has 29 heavy (non-hydrogen) atoms. The number of halogens is 1. The summed E-state index contributed by atoms with van der Waals surface area (Å²) in [6, 6.07) is 17.7. The summed E-state index contributed by atoms with van der Waals surface area (Å²) < 4.78 is 20.2. The van der Waals surface area contributed by atoms with E-state index in [0.29, 0.717) is 23.4 Å². The molecule has 0 bridgehead atoms. The molecule has 5 nitrogen and oxygen atoms in total. The van der Waals surface area contributed by atoms with Gasteiger partial charge in [-0.15, -0.1) is 0 Å². The Kier molecular flexibility index (Phi) is 5.93. The van der Waals surface area contributed by atoms with Crippen molar-refractivity contribution in [2.75, 3.05) is 6.61 Å². The number of carbonyl (C=O) groups excluding carboxylic acids is 1. The monoisotopic (exact) mass is 392 g/mol. The minimum atomic E-state index is -0.433. The van der Waals surface area contributed by atoms with Gasteiger partial charge < -0.3 is 4.74 Å². The lowest BCUT2D eigenvalue weighted by molar-refractivity contribution is -0.186. The Labute approximate surface area is 168 Å². The topological polar surface area (TPSA) is 60.5 Å². The van der Waals surface area contributed by atoms with Gasteiger partial charge in [0, 0.05) is 30.4 Å². The molecule has 0 saturated carbocycles. The first-order chi connectivity index (χ1) is 14.2. The van der Waals surface area contributed by atoms with Crippen LogP contribution in [0.1, 0.15) is 29.6 Å². The number of amides is 1. The van der Waals surface area contributed by atoms with E-state index in [2.05, 4.69) is 10.5 Å². The molecule has 0 aliphatic carbocycles. The van der Waals surface area contributed by atoms with Crippen LogP contribution < -0.4 is 5.48 Å². The molecule has 148 valence electrons. The molecule has 0 spiro atoms. The molecule has 1 unspecified atom stereocenters. The number of hydrogen-bond acceptors (Lipinski definition) is 4. The number of carbonyl (C=O) groups is 1. The van der Waals surface area contributed by atoms with Crippen LogP contribution in [-0.4, -0.2) is 23.8 Å². The van der Waals surface area contributed by atoms with Crippen molar-refractivity contribution >= 4 is 5.91 Å². The second-order valence-electron chi connectivity index (χ2n) is 6.84. The van der Waals surface area contributed by atoms with Gasteiger partial charge in [-0.1, -0.05) is 36.4 Å². The molecule has 1 saturated heterocycles. The van der Waals surface area contributed by atoms with Crippen molar-refractivity contribution < 1.29 is 18.8 Å². The number of nitrogens with one attached hydrogen (secondary N) is 1. The van der Waals surface area contributed by atoms with E-state index >= 15 is 0 Å². The highest BCUT2D eigenvalue weighted by Crippen LogP contribution is 2.27. The number of hydroxylamine groups is 1. The Bertz CT molecular complexity index is 988. The molecule has 1 fully saturated rings. The first-order valence-electron chi connectivity index (χ1n) is 9.60. The molecule has 3 aromatic rings. The smallest absolute Gasteiger partial charge is 0.275 e. The normalized spacial score (nSPS) is 16.4. The first-order valence-corrected chi connectivity index (χ1v) is 9.60. The summed E-state index contributed by atoms with van der Waals surface area (Å²) in [5.74, 6) is -0.826. The van der Waals surface area contributed by atoms with Crippen molar-refractivity contribution in [3.63, 3.8) is 0 Å². The molecule has 1 atom stereocenters. The Morgan fingerprint density at radius 1 is 1.07 bits per heavy atom. The number of aromatic nitrogens is 1. The van der Waals surface area contributed by atoms with E-state index in [4.69, 9.17) is 9.57 Å². The highest BCUT2D eigenvalue weighted by atomic mass is 19.1. The van der Waals surface area contributed by atoms with Crippen LogP contribution >= 0.6 is 0 Å². The predicted octanol–water partition coefficient (Wildman–Crippen LogP) is 4.74. The molecule has 2 aromatic carbocycles. The highest BCUT2D eigenvalue weighted by Gasteiger charge is 2.17. The van der Waals surface area contributed by atoms with Crippen molar-refractivity contribution in [2.45, 2.75) is 25.6 Å². The number of nitrogens with zero attached hydrogens (tertiary/aromatic N) is 1. The molecule has 1 N–H and O–H groups in total. The van der Waals surface area contributed by atoms with E-state index in [1.54, 1.807) is 18.2 Å². The van der Waals surface area contributed by atoms with Gasteiger partial charge in [-0.25, -0.2) is 14.7 Å². The van der Waals surface area contributed by atoms with Crippen LogP contribution in [0.4, 0.5) is 4.39 Å². The summed E-state index contributed by atoms with van der Waals surface area (Å²) in [6.07, 6.45) is 3.78. The van der Waals surface area contributed by atoms with E-state index in [-0.39, 0.29) is 0 Å². The standard InChI is InChI=1S/C23H21FN2O3/c24-20-14-17(16-6-2-1-3-7-16)9-10-19(20)21-15-18(11-12-25-21)23(27)26-29-22-8-4-5-13-28-22/h1-3,6-7,9-12,14-15,22H,4-5,8,13H2,(H,26,27). The van der Waals surface area contributed by atoms with Crippen molar-refractivity contribution in [1.29, 1.82) is 0 Å². The van der Waals surface area contributed by atoms with Crippen molar-refractivity contribution in [3.05, 3.63) is 78.2 Å². The summed E-state index contributed by atoms with van der Waals surface area (Å²) in [7, 11) is 0. The van der Waals surface area contributed by atoms with E-state index < -0.39 is 18.0 Å². The largest absolute Gasteiger partial charge is 0.350 e. The van der Waals surface area contributed by atoms with Crippen LogP contribution in [0.15, 0.2) is 66.9 Å². The van der Waals surface area contributed by atoms with Gasteiger partial charge in [0.15, 0.2) is 6.29 Å². The fraction of sp³-hybridized carbons (Fsp3) is 0.217. The zero-order chi connectivity index (χ0) is 20.1. The minimum Gasteiger partial charge on any atom is -0.350 e. The summed E-state index contributed by atoms with van der Waals surface area (Å²) >= 11 is 0. The highest BCUT2D eigenvalue weighted by molar-refractivity contribution is 5.94. The fourth-order valence-corrected chi connectivity index (χ4v) is 3.23. The maximum atomic E-state index is 14.8. The maximum Gasteiger partial charge on any atom is 0.275 e. The van der Waals surface area contributed by atoms with E-state index in [9.17, 15) is 9.18 Å². The average molecular weight is 392 g/mol. The summed E-state index contributed by atoms with van der Waals surface area (Å²) in [6.45, 7) is 0.623. The lowest BCUT2D eigenvalue weighted by Crippen LogP contribution is -2.33. The molecular formula is C23H21FN2O3. The van der Waals surface area contributed by atoms with Gasteiger partial charge in [0.2, 0.25) is 0 Å². The van der Waals surface area contributed by atoms with Crippen LogP contribution in [0.2, 0.25) is 0 Å². The second-order valence-corrected chi connectivity index (χ2v) is 6.84. The number of ether oxygens (including phenoxy) is 1. The van der Waals surface area contributed by atoms with Gasteiger partial charge >= 0.3 is 0 Å². The molecule has 6 heteroatoms. The Morgan fingerprint density at radius 3 is 2.69 bits per heavy atom. The fourth-order valence-electron chi connectivity index (χ4n) is 3.23. The van der Waals surface area contributed by atoms with Gasteiger partial charge in [-0.3, -0.25) is 9.78 Å². The van der Waals surface area contributed by atoms with Gasteiger partial charge in [0.25, 0.3) is 5.91 Å². The molecule has 0 radical (unpaired) electrons. The molecule has 4 rings (SSSR count). The molecule has 1 amide bonds. The number of hydrogen-bond donors (Lipinski definition) is 1. The van der Waals surface area contributed by atoms with Gasteiger partial charge in [0.1, 0.15) is 5.82 Å². The Morgan fingerprint density at radius 2 is 1.93 bits per heavy atom. The molecule has 1 aliphatic rings. The van der Waals surface area contributed by atoms with Gasteiger partial charge in [-0.2, -0.15) is 0 Å². The third-order valence-corrected chi connectivity index (χ3v) is 4.80. The second kappa shape index (κ2) is 8.94. The molecule has 2 heterocycles. The van der Waals surface area contributed by atoms with Crippen molar-refractivity contribution in [2.24, 2.45) is 0 Å². The summed E-state index contributed by atoms with van der Waals surface area (Å²) in [5.41, 5.74) is 5.16.